The van der Waals surface area contributed by atoms with Crippen molar-refractivity contribution in [2.75, 3.05) is 7.11 Å². The minimum Gasteiger partial charge on any atom is -0.415 e. The maximum absolute atomic E-state index is 6.05. The van der Waals surface area contributed by atoms with E-state index in [4.69, 9.17) is 4.43 Å². The molecule has 1 nitrogen and oxygen atoms in total. The van der Waals surface area contributed by atoms with Gasteiger partial charge in [0, 0.05) is 11.6 Å². The summed E-state index contributed by atoms with van der Waals surface area (Å²) in [5.41, 5.74) is 0. The lowest BCUT2D eigenvalue weighted by atomic mass is 10.3. The van der Waals surface area contributed by atoms with Gasteiger partial charge >= 0.3 is 0 Å². The summed E-state index contributed by atoms with van der Waals surface area (Å²) in [6.45, 7) is 9.20. The van der Waals surface area contributed by atoms with Crippen LogP contribution in [-0.2, 0) is 4.43 Å². The van der Waals surface area contributed by atoms with Gasteiger partial charge in [-0.15, -0.1) is 0 Å². The molecule has 0 N–H and O–H groups in total. The van der Waals surface area contributed by atoms with Gasteiger partial charge in [-0.3, -0.25) is 0 Å². The molecule has 0 aromatic carbocycles. The highest BCUT2D eigenvalue weighted by Crippen LogP contribution is 2.27. The van der Waals surface area contributed by atoms with Crippen molar-refractivity contribution in [2.24, 2.45) is 11.8 Å². The maximum atomic E-state index is 6.05. The molecular formula is C13H24OSSi. The fourth-order valence-corrected chi connectivity index (χ4v) is 8.82. The van der Waals surface area contributed by atoms with Crippen molar-refractivity contribution in [2.45, 2.75) is 39.8 Å². The van der Waals surface area contributed by atoms with Crippen LogP contribution in [0.2, 0.25) is 12.1 Å². The second-order valence-corrected chi connectivity index (χ2v) is 10.4. The van der Waals surface area contributed by atoms with Crippen LogP contribution in [0.5, 0.6) is 0 Å². The normalized spacial score (nSPS) is 12.7. The van der Waals surface area contributed by atoms with Crippen molar-refractivity contribution >= 4 is 24.2 Å². The summed E-state index contributed by atoms with van der Waals surface area (Å²) in [6.07, 6.45) is 0. The Balaban J connectivity index is 2.97. The van der Waals surface area contributed by atoms with Gasteiger partial charge in [-0.25, -0.2) is 0 Å². The number of hydrogen-bond donors (Lipinski definition) is 0. The van der Waals surface area contributed by atoms with E-state index in [1.165, 1.54) is 16.6 Å². The Bertz CT molecular complexity index is 283. The molecule has 0 amide bonds. The first-order chi connectivity index (χ1) is 7.50. The largest absolute Gasteiger partial charge is 0.415 e. The summed E-state index contributed by atoms with van der Waals surface area (Å²) in [7, 11) is 0.212. The van der Waals surface area contributed by atoms with Crippen LogP contribution in [0, 0.1) is 11.8 Å². The summed E-state index contributed by atoms with van der Waals surface area (Å²) in [5, 5.41) is 2.18. The smallest absolute Gasteiger partial charge is 0.234 e. The van der Waals surface area contributed by atoms with Crippen molar-refractivity contribution in [3.63, 3.8) is 0 Å². The third kappa shape index (κ3) is 3.44. The van der Waals surface area contributed by atoms with Gasteiger partial charge in [0.05, 0.1) is 0 Å². The Kier molecular flexibility index (Phi) is 5.22. The summed E-state index contributed by atoms with van der Waals surface area (Å²) in [4.78, 5) is 0. The minimum absolute atomic E-state index is 0.715. The van der Waals surface area contributed by atoms with Crippen LogP contribution < -0.4 is 4.50 Å². The van der Waals surface area contributed by atoms with Gasteiger partial charge in [0.25, 0.3) is 0 Å². The average molecular weight is 256 g/mol. The third-order valence-corrected chi connectivity index (χ3v) is 9.79. The molecule has 0 radical (unpaired) electrons. The van der Waals surface area contributed by atoms with E-state index in [2.05, 4.69) is 45.2 Å². The molecule has 0 bridgehead atoms. The van der Waals surface area contributed by atoms with E-state index in [1.807, 2.05) is 18.4 Å². The Labute approximate surface area is 105 Å². The number of thiophene rings is 1. The highest BCUT2D eigenvalue weighted by molar-refractivity contribution is 7.24. The summed E-state index contributed by atoms with van der Waals surface area (Å²) < 4.78 is 7.56. The Hall–Kier alpha value is -0.123. The standard InChI is InChI=1S/C13H24OSSi/c1-11(2)9-16(14-5,10-12(3)4)13-7-6-8-15-13/h6-8,11-12H,9-10H2,1-5H3. The SMILES string of the molecule is CO[Si](CC(C)C)(CC(C)C)c1cccs1. The summed E-state index contributed by atoms with van der Waals surface area (Å²) >= 11 is 1.88. The Morgan fingerprint density at radius 2 is 1.75 bits per heavy atom. The van der Waals surface area contributed by atoms with Crippen molar-refractivity contribution in [3.05, 3.63) is 17.5 Å². The molecule has 0 saturated carbocycles. The second-order valence-electron chi connectivity index (χ2n) is 5.37. The lowest BCUT2D eigenvalue weighted by Gasteiger charge is -2.32. The zero-order valence-corrected chi connectivity index (χ0v) is 12.9. The monoisotopic (exact) mass is 256 g/mol. The predicted molar refractivity (Wildman–Crippen MR) is 76.0 cm³/mol. The summed E-state index contributed by atoms with van der Waals surface area (Å²) in [6, 6.07) is 6.90. The van der Waals surface area contributed by atoms with Crippen LogP contribution in [0.4, 0.5) is 0 Å². The molecule has 1 heterocycles. The van der Waals surface area contributed by atoms with E-state index >= 15 is 0 Å². The van der Waals surface area contributed by atoms with Gasteiger partial charge in [-0.2, -0.15) is 11.3 Å². The zero-order chi connectivity index (χ0) is 12.2. The van der Waals surface area contributed by atoms with Gasteiger partial charge in [0.2, 0.25) is 8.32 Å². The van der Waals surface area contributed by atoms with Gasteiger partial charge in [-0.05, 0) is 35.4 Å². The predicted octanol–water partition coefficient (Wildman–Crippen LogP) is 3.86. The maximum Gasteiger partial charge on any atom is 0.234 e. The fourth-order valence-electron chi connectivity index (χ4n) is 2.41. The van der Waals surface area contributed by atoms with Crippen molar-refractivity contribution in [1.29, 1.82) is 0 Å². The highest BCUT2D eigenvalue weighted by Gasteiger charge is 2.38. The summed E-state index contributed by atoms with van der Waals surface area (Å²) in [5.74, 6) is 1.43. The molecule has 1 aromatic heterocycles. The van der Waals surface area contributed by atoms with Crippen molar-refractivity contribution in [3.8, 4) is 0 Å². The lowest BCUT2D eigenvalue weighted by molar-refractivity contribution is 0.388. The first-order valence-electron chi connectivity index (χ1n) is 6.09. The Morgan fingerprint density at radius 3 is 2.06 bits per heavy atom. The van der Waals surface area contributed by atoms with E-state index in [0.29, 0.717) is 11.8 Å². The van der Waals surface area contributed by atoms with Crippen LogP contribution in [0.3, 0.4) is 0 Å². The zero-order valence-electron chi connectivity index (χ0n) is 11.1. The molecule has 1 rings (SSSR count). The number of hydrogen-bond acceptors (Lipinski definition) is 2. The van der Waals surface area contributed by atoms with Gasteiger partial charge in [0.15, 0.2) is 0 Å². The van der Waals surface area contributed by atoms with Crippen molar-refractivity contribution < 1.29 is 4.43 Å². The molecule has 1 aromatic rings. The molecule has 0 aliphatic carbocycles. The molecule has 16 heavy (non-hydrogen) atoms. The second kappa shape index (κ2) is 5.99. The third-order valence-electron chi connectivity index (χ3n) is 2.84. The molecule has 0 spiro atoms. The molecule has 0 saturated heterocycles. The average Bonchev–Trinajstić information content (AvgIpc) is 2.68. The van der Waals surface area contributed by atoms with Gasteiger partial charge < -0.3 is 4.43 Å². The molecule has 0 aliphatic rings. The molecule has 0 atom stereocenters. The van der Waals surface area contributed by atoms with E-state index in [1.54, 1.807) is 0 Å². The molecule has 3 heteroatoms. The molecule has 0 unspecified atom stereocenters. The fraction of sp³-hybridized carbons (Fsp3) is 0.692. The number of rotatable bonds is 6. The van der Waals surface area contributed by atoms with Crippen LogP contribution in [0.15, 0.2) is 17.5 Å². The van der Waals surface area contributed by atoms with Crippen LogP contribution in [-0.4, -0.2) is 15.4 Å². The van der Waals surface area contributed by atoms with Crippen LogP contribution >= 0.6 is 11.3 Å². The van der Waals surface area contributed by atoms with Crippen LogP contribution in [0.25, 0.3) is 0 Å². The Morgan fingerprint density at radius 1 is 1.19 bits per heavy atom. The molecule has 0 fully saturated rings. The first-order valence-corrected chi connectivity index (χ1v) is 9.29. The van der Waals surface area contributed by atoms with Crippen molar-refractivity contribution in [1.82, 2.24) is 0 Å². The molecule has 92 valence electrons. The van der Waals surface area contributed by atoms with Crippen LogP contribution in [0.1, 0.15) is 27.7 Å². The highest BCUT2D eigenvalue weighted by atomic mass is 32.1. The van der Waals surface area contributed by atoms with E-state index in [9.17, 15) is 0 Å². The van der Waals surface area contributed by atoms with Gasteiger partial charge in [-0.1, -0.05) is 33.8 Å². The van der Waals surface area contributed by atoms with E-state index < -0.39 is 8.32 Å². The quantitative estimate of drug-likeness (QED) is 0.702. The topological polar surface area (TPSA) is 9.23 Å². The first kappa shape index (κ1) is 13.9. The van der Waals surface area contributed by atoms with E-state index in [-0.39, 0.29) is 0 Å². The lowest BCUT2D eigenvalue weighted by Crippen LogP contribution is -2.50. The van der Waals surface area contributed by atoms with E-state index in [0.717, 1.165) is 0 Å². The van der Waals surface area contributed by atoms with Gasteiger partial charge in [0.1, 0.15) is 0 Å². The molecule has 0 aliphatic heterocycles. The molecular weight excluding hydrogens is 232 g/mol. The minimum atomic E-state index is -1.70.